The summed E-state index contributed by atoms with van der Waals surface area (Å²) in [5, 5.41) is 3.43. The lowest BCUT2D eigenvalue weighted by molar-refractivity contribution is 0.610. The molecule has 1 aliphatic carbocycles. The third-order valence-electron chi connectivity index (χ3n) is 4.13. The molecule has 0 aromatic heterocycles. The summed E-state index contributed by atoms with van der Waals surface area (Å²) >= 11 is 0. The van der Waals surface area contributed by atoms with E-state index in [1.165, 1.54) is 38.5 Å². The molecule has 104 valence electrons. The minimum Gasteiger partial charge on any atom is -0.369 e. The fourth-order valence-corrected chi connectivity index (χ4v) is 2.78. The Morgan fingerprint density at radius 1 is 1.11 bits per heavy atom. The highest BCUT2D eigenvalue weighted by Gasteiger charge is 2.20. The Balaban J connectivity index is 1.66. The summed E-state index contributed by atoms with van der Waals surface area (Å²) in [6.45, 7) is 2.79. The zero-order valence-electron chi connectivity index (χ0n) is 11.5. The molecule has 19 heavy (non-hydrogen) atoms. The summed E-state index contributed by atoms with van der Waals surface area (Å²) < 4.78 is 14.2. The van der Waals surface area contributed by atoms with Gasteiger partial charge in [-0.05, 0) is 43.4 Å². The fraction of sp³-hybridized carbons (Fsp3) is 0.625. The average molecular weight is 262 g/mol. The lowest BCUT2D eigenvalue weighted by Gasteiger charge is -2.23. The van der Waals surface area contributed by atoms with Crippen LogP contribution in [0.4, 0.5) is 10.1 Å². The first-order chi connectivity index (χ1) is 9.33. The SMILES string of the molecule is Fc1cc(CNC2CC2)ccc1N1CCCCCC1. The smallest absolute Gasteiger partial charge is 0.146 e. The van der Waals surface area contributed by atoms with E-state index in [4.69, 9.17) is 0 Å². The molecule has 3 rings (SSSR count). The van der Waals surface area contributed by atoms with Crippen LogP contribution in [-0.4, -0.2) is 19.1 Å². The van der Waals surface area contributed by atoms with Crippen LogP contribution in [0.5, 0.6) is 0 Å². The van der Waals surface area contributed by atoms with E-state index in [1.54, 1.807) is 6.07 Å². The van der Waals surface area contributed by atoms with Crippen LogP contribution >= 0.6 is 0 Å². The predicted molar refractivity (Wildman–Crippen MR) is 76.9 cm³/mol. The summed E-state index contributed by atoms with van der Waals surface area (Å²) in [4.78, 5) is 2.21. The molecule has 1 saturated carbocycles. The van der Waals surface area contributed by atoms with E-state index < -0.39 is 0 Å². The Hall–Kier alpha value is -1.09. The summed E-state index contributed by atoms with van der Waals surface area (Å²) in [6, 6.07) is 6.41. The Bertz CT molecular complexity index is 421. The van der Waals surface area contributed by atoms with Gasteiger partial charge in [-0.25, -0.2) is 4.39 Å². The van der Waals surface area contributed by atoms with Crippen molar-refractivity contribution in [1.29, 1.82) is 0 Å². The molecule has 0 amide bonds. The zero-order chi connectivity index (χ0) is 13.1. The van der Waals surface area contributed by atoms with Gasteiger partial charge in [0.25, 0.3) is 0 Å². The molecule has 1 saturated heterocycles. The van der Waals surface area contributed by atoms with Gasteiger partial charge in [0.1, 0.15) is 5.82 Å². The van der Waals surface area contributed by atoms with Gasteiger partial charge in [0, 0.05) is 25.7 Å². The highest BCUT2D eigenvalue weighted by Crippen LogP contribution is 2.24. The number of anilines is 1. The minimum atomic E-state index is -0.0583. The van der Waals surface area contributed by atoms with Gasteiger partial charge in [-0.1, -0.05) is 18.9 Å². The van der Waals surface area contributed by atoms with Gasteiger partial charge in [0.2, 0.25) is 0 Å². The first-order valence-corrected chi connectivity index (χ1v) is 7.60. The van der Waals surface area contributed by atoms with E-state index in [0.717, 1.165) is 30.9 Å². The van der Waals surface area contributed by atoms with Crippen LogP contribution < -0.4 is 10.2 Å². The molecule has 0 bridgehead atoms. The standard InChI is InChI=1S/C16H23FN2/c17-15-11-13(12-18-14-6-7-14)5-8-16(15)19-9-3-1-2-4-10-19/h5,8,11,14,18H,1-4,6-7,9-10,12H2. The van der Waals surface area contributed by atoms with Crippen molar-refractivity contribution in [3.63, 3.8) is 0 Å². The second kappa shape index (κ2) is 5.91. The molecule has 1 heterocycles. The normalized spacial score (nSPS) is 20.4. The fourth-order valence-electron chi connectivity index (χ4n) is 2.78. The molecule has 0 spiro atoms. The highest BCUT2D eigenvalue weighted by molar-refractivity contribution is 5.49. The third kappa shape index (κ3) is 3.47. The predicted octanol–water partition coefficient (Wildman–Crippen LogP) is 3.46. The van der Waals surface area contributed by atoms with E-state index in [2.05, 4.69) is 16.3 Å². The zero-order valence-corrected chi connectivity index (χ0v) is 11.5. The van der Waals surface area contributed by atoms with Crippen LogP contribution in [0.1, 0.15) is 44.1 Å². The molecule has 0 unspecified atom stereocenters. The van der Waals surface area contributed by atoms with Crippen LogP contribution in [0.3, 0.4) is 0 Å². The number of nitrogens with zero attached hydrogens (tertiary/aromatic N) is 1. The average Bonchev–Trinajstić information content (AvgIpc) is 3.24. The summed E-state index contributed by atoms with van der Waals surface area (Å²) in [5.74, 6) is -0.0583. The van der Waals surface area contributed by atoms with Crippen molar-refractivity contribution in [3.05, 3.63) is 29.6 Å². The quantitative estimate of drug-likeness (QED) is 0.894. The Morgan fingerprint density at radius 2 is 1.84 bits per heavy atom. The third-order valence-corrected chi connectivity index (χ3v) is 4.13. The molecule has 0 radical (unpaired) electrons. The van der Waals surface area contributed by atoms with Gasteiger partial charge >= 0.3 is 0 Å². The van der Waals surface area contributed by atoms with Crippen molar-refractivity contribution in [2.75, 3.05) is 18.0 Å². The van der Waals surface area contributed by atoms with Crippen LogP contribution in [0, 0.1) is 5.82 Å². The monoisotopic (exact) mass is 262 g/mol. The second-order valence-electron chi connectivity index (χ2n) is 5.84. The highest BCUT2D eigenvalue weighted by atomic mass is 19.1. The van der Waals surface area contributed by atoms with Gasteiger partial charge in [-0.2, -0.15) is 0 Å². The van der Waals surface area contributed by atoms with Crippen molar-refractivity contribution >= 4 is 5.69 Å². The maximum Gasteiger partial charge on any atom is 0.146 e. The van der Waals surface area contributed by atoms with Crippen molar-refractivity contribution < 1.29 is 4.39 Å². The molecule has 1 aliphatic heterocycles. The lowest BCUT2D eigenvalue weighted by Crippen LogP contribution is -2.25. The maximum atomic E-state index is 14.2. The minimum absolute atomic E-state index is 0.0583. The van der Waals surface area contributed by atoms with Crippen molar-refractivity contribution in [1.82, 2.24) is 5.32 Å². The molecular formula is C16H23FN2. The number of hydrogen-bond acceptors (Lipinski definition) is 2. The van der Waals surface area contributed by atoms with Crippen molar-refractivity contribution in [3.8, 4) is 0 Å². The second-order valence-corrected chi connectivity index (χ2v) is 5.84. The molecule has 0 atom stereocenters. The summed E-state index contributed by atoms with van der Waals surface area (Å²) in [6.07, 6.45) is 7.47. The molecule has 2 nitrogen and oxygen atoms in total. The molecule has 2 fully saturated rings. The molecule has 2 aliphatic rings. The van der Waals surface area contributed by atoms with Crippen LogP contribution in [0.2, 0.25) is 0 Å². The Kier molecular flexibility index (Phi) is 4.02. The molecule has 1 N–H and O–H groups in total. The lowest BCUT2D eigenvalue weighted by atomic mass is 10.1. The van der Waals surface area contributed by atoms with Gasteiger partial charge < -0.3 is 10.2 Å². The molecule has 3 heteroatoms. The van der Waals surface area contributed by atoms with Crippen molar-refractivity contribution in [2.24, 2.45) is 0 Å². The summed E-state index contributed by atoms with van der Waals surface area (Å²) in [5.41, 5.74) is 1.85. The first-order valence-electron chi connectivity index (χ1n) is 7.60. The number of halogens is 1. The van der Waals surface area contributed by atoms with E-state index in [9.17, 15) is 4.39 Å². The number of rotatable bonds is 4. The van der Waals surface area contributed by atoms with Crippen molar-refractivity contribution in [2.45, 2.75) is 51.1 Å². The van der Waals surface area contributed by atoms with E-state index in [0.29, 0.717) is 6.04 Å². The Morgan fingerprint density at radius 3 is 2.47 bits per heavy atom. The van der Waals surface area contributed by atoms with Gasteiger partial charge in [-0.15, -0.1) is 0 Å². The number of nitrogens with one attached hydrogen (secondary N) is 1. The maximum absolute atomic E-state index is 14.2. The van der Waals surface area contributed by atoms with E-state index in [-0.39, 0.29) is 5.82 Å². The molecule has 1 aromatic rings. The van der Waals surface area contributed by atoms with Gasteiger partial charge in [0.15, 0.2) is 0 Å². The van der Waals surface area contributed by atoms with E-state index >= 15 is 0 Å². The Labute approximate surface area is 115 Å². The number of benzene rings is 1. The molecule has 1 aromatic carbocycles. The van der Waals surface area contributed by atoms with Crippen LogP contribution in [0.25, 0.3) is 0 Å². The van der Waals surface area contributed by atoms with Gasteiger partial charge in [0.05, 0.1) is 5.69 Å². The van der Waals surface area contributed by atoms with Crippen LogP contribution in [0.15, 0.2) is 18.2 Å². The summed E-state index contributed by atoms with van der Waals surface area (Å²) in [7, 11) is 0. The largest absolute Gasteiger partial charge is 0.369 e. The first kappa shape index (κ1) is 12.9. The molecular weight excluding hydrogens is 239 g/mol. The topological polar surface area (TPSA) is 15.3 Å². The van der Waals surface area contributed by atoms with Gasteiger partial charge in [-0.3, -0.25) is 0 Å². The number of hydrogen-bond donors (Lipinski definition) is 1. The van der Waals surface area contributed by atoms with E-state index in [1.807, 2.05) is 6.07 Å². The van der Waals surface area contributed by atoms with Crippen LogP contribution in [-0.2, 0) is 6.54 Å².